The Hall–Kier alpha value is -0.610. The number of carbonyl (C=O) groups is 1. The van der Waals surface area contributed by atoms with Crippen LogP contribution in [-0.2, 0) is 4.79 Å². The molecule has 120 valence electrons. The molecular formula is C17H30N2O2. The van der Waals surface area contributed by atoms with E-state index in [4.69, 9.17) is 0 Å². The van der Waals surface area contributed by atoms with E-state index in [1.807, 2.05) is 0 Å². The molecule has 2 bridgehead atoms. The van der Waals surface area contributed by atoms with Crippen LogP contribution in [0, 0.1) is 17.8 Å². The average molecular weight is 294 g/mol. The first-order valence-electron chi connectivity index (χ1n) is 8.84. The Kier molecular flexibility index (Phi) is 4.85. The van der Waals surface area contributed by atoms with Crippen LogP contribution in [0.4, 0.5) is 0 Å². The molecule has 1 saturated heterocycles. The van der Waals surface area contributed by atoms with Crippen molar-refractivity contribution < 1.29 is 9.90 Å². The normalized spacial score (nSPS) is 34.4. The van der Waals surface area contributed by atoms with Gasteiger partial charge in [-0.05, 0) is 43.4 Å². The summed E-state index contributed by atoms with van der Waals surface area (Å²) in [5, 5.41) is 9.38. The molecule has 3 fully saturated rings. The molecule has 21 heavy (non-hydrogen) atoms. The highest BCUT2D eigenvalue weighted by Crippen LogP contribution is 2.49. The van der Waals surface area contributed by atoms with Gasteiger partial charge in [-0.3, -0.25) is 9.69 Å². The monoisotopic (exact) mass is 294 g/mol. The predicted octanol–water partition coefficient (Wildman–Crippen LogP) is 1.73. The molecule has 4 heteroatoms. The van der Waals surface area contributed by atoms with Crippen LogP contribution in [0.5, 0.6) is 0 Å². The van der Waals surface area contributed by atoms with Gasteiger partial charge in [-0.25, -0.2) is 0 Å². The van der Waals surface area contributed by atoms with Crippen molar-refractivity contribution in [2.24, 2.45) is 17.8 Å². The van der Waals surface area contributed by atoms with Gasteiger partial charge in [0.2, 0.25) is 5.91 Å². The molecule has 2 saturated carbocycles. The van der Waals surface area contributed by atoms with Crippen molar-refractivity contribution in [1.82, 2.24) is 9.80 Å². The quantitative estimate of drug-likeness (QED) is 0.840. The van der Waals surface area contributed by atoms with Gasteiger partial charge < -0.3 is 10.0 Å². The van der Waals surface area contributed by atoms with Crippen molar-refractivity contribution >= 4 is 5.91 Å². The number of hydrogen-bond donors (Lipinski definition) is 1. The number of aliphatic hydroxyl groups is 1. The Bertz CT molecular complexity index is 362. The molecule has 0 spiro atoms. The van der Waals surface area contributed by atoms with E-state index in [2.05, 4.69) is 16.7 Å². The van der Waals surface area contributed by atoms with Gasteiger partial charge >= 0.3 is 0 Å². The number of rotatable bonds is 5. The van der Waals surface area contributed by atoms with Crippen molar-refractivity contribution in [1.29, 1.82) is 0 Å². The number of aliphatic hydroxyl groups excluding tert-OH is 1. The number of piperazine rings is 1. The number of hydrogen-bond acceptors (Lipinski definition) is 3. The zero-order valence-corrected chi connectivity index (χ0v) is 13.3. The summed E-state index contributed by atoms with van der Waals surface area (Å²) in [7, 11) is 0. The number of fused-ring (bicyclic) bond motifs is 2. The van der Waals surface area contributed by atoms with Gasteiger partial charge in [-0.1, -0.05) is 13.3 Å². The lowest BCUT2D eigenvalue weighted by Crippen LogP contribution is -2.53. The fourth-order valence-electron chi connectivity index (χ4n) is 4.82. The van der Waals surface area contributed by atoms with E-state index in [0.717, 1.165) is 50.9 Å². The highest BCUT2D eigenvalue weighted by Gasteiger charge is 2.40. The summed E-state index contributed by atoms with van der Waals surface area (Å²) in [6.45, 7) is 5.87. The van der Waals surface area contributed by atoms with E-state index in [-0.39, 0.29) is 12.6 Å². The molecule has 0 radical (unpaired) electrons. The van der Waals surface area contributed by atoms with Gasteiger partial charge in [-0.2, -0.15) is 0 Å². The average Bonchev–Trinajstić information content (AvgIpc) is 3.12. The minimum atomic E-state index is 0.232. The third-order valence-corrected chi connectivity index (χ3v) is 6.19. The van der Waals surface area contributed by atoms with E-state index >= 15 is 0 Å². The van der Waals surface area contributed by atoms with E-state index < -0.39 is 0 Å². The lowest BCUT2D eigenvalue weighted by Gasteiger charge is -2.39. The molecule has 2 aliphatic carbocycles. The Balaban J connectivity index is 1.45. The predicted molar refractivity (Wildman–Crippen MR) is 82.9 cm³/mol. The number of carbonyl (C=O) groups excluding carboxylic acids is 1. The Morgan fingerprint density at radius 1 is 1.19 bits per heavy atom. The zero-order valence-electron chi connectivity index (χ0n) is 13.3. The fourth-order valence-corrected chi connectivity index (χ4v) is 4.82. The highest BCUT2D eigenvalue weighted by molar-refractivity contribution is 5.76. The molecule has 1 aliphatic heterocycles. The van der Waals surface area contributed by atoms with E-state index in [1.54, 1.807) is 0 Å². The van der Waals surface area contributed by atoms with Crippen LogP contribution in [0.25, 0.3) is 0 Å². The van der Waals surface area contributed by atoms with Crippen molar-refractivity contribution in [2.75, 3.05) is 32.8 Å². The number of amides is 1. The molecule has 1 N–H and O–H groups in total. The van der Waals surface area contributed by atoms with Gasteiger partial charge in [0.25, 0.3) is 0 Å². The van der Waals surface area contributed by atoms with Gasteiger partial charge in [0.05, 0.1) is 6.61 Å². The summed E-state index contributed by atoms with van der Waals surface area (Å²) in [6, 6.07) is 0.271. The van der Waals surface area contributed by atoms with E-state index in [1.165, 1.54) is 25.7 Å². The van der Waals surface area contributed by atoms with Crippen molar-refractivity contribution in [3.63, 3.8) is 0 Å². The van der Waals surface area contributed by atoms with Crippen LogP contribution in [-0.4, -0.2) is 59.6 Å². The maximum Gasteiger partial charge on any atom is 0.222 e. The maximum absolute atomic E-state index is 12.5. The standard InChI is InChI=1S/C17H30N2O2/c1-2-16(12-20)18-5-7-19(8-6-18)17(21)11-15-10-13-3-4-14(15)9-13/h13-16,20H,2-12H2,1H3. The lowest BCUT2D eigenvalue weighted by molar-refractivity contribution is -0.134. The first kappa shape index (κ1) is 15.3. The molecule has 0 aromatic rings. The molecule has 1 amide bonds. The summed E-state index contributed by atoms with van der Waals surface area (Å²) in [4.78, 5) is 16.9. The lowest BCUT2D eigenvalue weighted by atomic mass is 9.86. The Morgan fingerprint density at radius 2 is 1.95 bits per heavy atom. The number of nitrogens with zero attached hydrogens (tertiary/aromatic N) is 2. The maximum atomic E-state index is 12.5. The minimum Gasteiger partial charge on any atom is -0.395 e. The van der Waals surface area contributed by atoms with Crippen molar-refractivity contribution in [3.8, 4) is 0 Å². The molecule has 0 aromatic heterocycles. The second kappa shape index (κ2) is 6.66. The van der Waals surface area contributed by atoms with Gasteiger partial charge in [0.1, 0.15) is 0 Å². The summed E-state index contributed by atoms with van der Waals surface area (Å²) in [6.07, 6.45) is 7.24. The van der Waals surface area contributed by atoms with Gasteiger partial charge in [-0.15, -0.1) is 0 Å². The van der Waals surface area contributed by atoms with Crippen LogP contribution >= 0.6 is 0 Å². The molecule has 4 unspecified atom stereocenters. The van der Waals surface area contributed by atoms with Gasteiger partial charge in [0.15, 0.2) is 0 Å². The van der Waals surface area contributed by atoms with Crippen molar-refractivity contribution in [2.45, 2.75) is 51.5 Å². The molecule has 1 heterocycles. The zero-order chi connectivity index (χ0) is 14.8. The molecular weight excluding hydrogens is 264 g/mol. The molecule has 3 aliphatic rings. The van der Waals surface area contributed by atoms with Crippen LogP contribution in [0.15, 0.2) is 0 Å². The van der Waals surface area contributed by atoms with Crippen LogP contribution in [0.1, 0.15) is 45.4 Å². The summed E-state index contributed by atoms with van der Waals surface area (Å²) in [5.74, 6) is 2.83. The van der Waals surface area contributed by atoms with Gasteiger partial charge in [0, 0.05) is 38.6 Å². The second-order valence-electron chi connectivity index (χ2n) is 7.30. The summed E-state index contributed by atoms with van der Waals surface area (Å²) >= 11 is 0. The largest absolute Gasteiger partial charge is 0.395 e. The first-order chi connectivity index (χ1) is 10.2. The molecule has 0 aromatic carbocycles. The molecule has 4 nitrogen and oxygen atoms in total. The molecule has 4 atom stereocenters. The molecule has 3 rings (SSSR count). The smallest absolute Gasteiger partial charge is 0.222 e. The fraction of sp³-hybridized carbons (Fsp3) is 0.941. The van der Waals surface area contributed by atoms with Crippen LogP contribution in [0.2, 0.25) is 0 Å². The third kappa shape index (κ3) is 3.26. The Labute approximate surface area is 128 Å². The Morgan fingerprint density at radius 3 is 2.48 bits per heavy atom. The summed E-state index contributed by atoms with van der Waals surface area (Å²) < 4.78 is 0. The minimum absolute atomic E-state index is 0.232. The van der Waals surface area contributed by atoms with E-state index in [0.29, 0.717) is 11.8 Å². The highest BCUT2D eigenvalue weighted by atomic mass is 16.3. The van der Waals surface area contributed by atoms with Crippen molar-refractivity contribution in [3.05, 3.63) is 0 Å². The first-order valence-corrected chi connectivity index (χ1v) is 8.84. The third-order valence-electron chi connectivity index (χ3n) is 6.19. The SMILES string of the molecule is CCC(CO)N1CCN(C(=O)CC2CC3CCC2C3)CC1. The van der Waals surface area contributed by atoms with E-state index in [9.17, 15) is 9.90 Å². The topological polar surface area (TPSA) is 43.8 Å². The van der Waals surface area contributed by atoms with Crippen LogP contribution in [0.3, 0.4) is 0 Å². The van der Waals surface area contributed by atoms with Crippen LogP contribution < -0.4 is 0 Å². The summed E-state index contributed by atoms with van der Waals surface area (Å²) in [5.41, 5.74) is 0. The second-order valence-corrected chi connectivity index (χ2v) is 7.30.